The fourth-order valence-corrected chi connectivity index (χ4v) is 2.24. The first kappa shape index (κ1) is 12.9. The number of nitrogens with two attached hydrogens (primary N) is 1. The number of benzene rings is 2. The molecule has 0 aliphatic heterocycles. The van der Waals surface area contributed by atoms with Crippen molar-refractivity contribution >= 4 is 16.5 Å². The zero-order chi connectivity index (χ0) is 13.0. The summed E-state index contributed by atoms with van der Waals surface area (Å²) in [5, 5.41) is 2.49. The topological polar surface area (TPSA) is 29.3 Å². The van der Waals surface area contributed by atoms with Gasteiger partial charge in [-0.25, -0.2) is 0 Å². The molecule has 0 radical (unpaired) electrons. The standard InChI is InChI=1S/C16H22N2/c1-3-4-9-18(2)12-15-10-13-7-5-6-8-14(13)11-16(15)17/h5-8,10-11H,3-4,9,12,17H2,1-2H3. The Kier molecular flexibility index (Phi) is 4.21. The van der Waals surface area contributed by atoms with Crippen LogP contribution >= 0.6 is 0 Å². The number of anilines is 1. The molecular weight excluding hydrogens is 220 g/mol. The van der Waals surface area contributed by atoms with E-state index in [0.717, 1.165) is 18.8 Å². The summed E-state index contributed by atoms with van der Waals surface area (Å²) in [5.74, 6) is 0. The molecule has 96 valence electrons. The molecule has 0 saturated carbocycles. The molecule has 2 N–H and O–H groups in total. The van der Waals surface area contributed by atoms with Gasteiger partial charge in [-0.1, -0.05) is 37.6 Å². The van der Waals surface area contributed by atoms with Crippen LogP contribution in [0.1, 0.15) is 25.3 Å². The minimum absolute atomic E-state index is 0.900. The Morgan fingerprint density at radius 2 is 1.78 bits per heavy atom. The molecule has 0 heterocycles. The Labute approximate surface area is 109 Å². The van der Waals surface area contributed by atoms with Crippen LogP contribution in [-0.4, -0.2) is 18.5 Å². The van der Waals surface area contributed by atoms with Crippen molar-refractivity contribution in [2.75, 3.05) is 19.3 Å². The SMILES string of the molecule is CCCCN(C)Cc1cc2ccccc2cc1N. The van der Waals surface area contributed by atoms with Gasteiger partial charge in [0.2, 0.25) is 0 Å². The van der Waals surface area contributed by atoms with Crippen LogP contribution in [0.15, 0.2) is 36.4 Å². The lowest BCUT2D eigenvalue weighted by molar-refractivity contribution is 0.321. The maximum absolute atomic E-state index is 6.14. The highest BCUT2D eigenvalue weighted by atomic mass is 15.1. The Hall–Kier alpha value is -1.54. The number of hydrogen-bond donors (Lipinski definition) is 1. The summed E-state index contributed by atoms with van der Waals surface area (Å²) < 4.78 is 0. The van der Waals surface area contributed by atoms with Gasteiger partial charge in [0.25, 0.3) is 0 Å². The normalized spacial score (nSPS) is 11.3. The lowest BCUT2D eigenvalue weighted by Gasteiger charge is -2.18. The molecule has 0 fully saturated rings. The minimum Gasteiger partial charge on any atom is -0.398 e. The number of nitrogens with zero attached hydrogens (tertiary/aromatic N) is 1. The van der Waals surface area contributed by atoms with Crippen LogP contribution in [-0.2, 0) is 6.54 Å². The highest BCUT2D eigenvalue weighted by Gasteiger charge is 2.05. The maximum atomic E-state index is 6.14. The van der Waals surface area contributed by atoms with Gasteiger partial charge in [0.05, 0.1) is 0 Å². The Morgan fingerprint density at radius 1 is 1.11 bits per heavy atom. The van der Waals surface area contributed by atoms with Crippen molar-refractivity contribution < 1.29 is 0 Å². The first-order chi connectivity index (χ1) is 8.70. The van der Waals surface area contributed by atoms with Crippen molar-refractivity contribution in [3.8, 4) is 0 Å². The molecule has 2 nitrogen and oxygen atoms in total. The van der Waals surface area contributed by atoms with Crippen LogP contribution in [0.4, 0.5) is 5.69 Å². The van der Waals surface area contributed by atoms with E-state index in [-0.39, 0.29) is 0 Å². The van der Waals surface area contributed by atoms with E-state index in [4.69, 9.17) is 5.73 Å². The highest BCUT2D eigenvalue weighted by Crippen LogP contribution is 2.22. The predicted molar refractivity (Wildman–Crippen MR) is 79.6 cm³/mol. The van der Waals surface area contributed by atoms with Crippen LogP contribution in [0.5, 0.6) is 0 Å². The van der Waals surface area contributed by atoms with E-state index in [9.17, 15) is 0 Å². The molecular formula is C16H22N2. The average Bonchev–Trinajstić information content (AvgIpc) is 2.37. The van der Waals surface area contributed by atoms with Crippen molar-refractivity contribution in [3.63, 3.8) is 0 Å². The lowest BCUT2D eigenvalue weighted by atomic mass is 10.0. The van der Waals surface area contributed by atoms with Crippen molar-refractivity contribution in [1.29, 1.82) is 0 Å². The summed E-state index contributed by atoms with van der Waals surface area (Å²) in [6.45, 7) is 4.28. The fourth-order valence-electron chi connectivity index (χ4n) is 2.24. The first-order valence-corrected chi connectivity index (χ1v) is 6.66. The van der Waals surface area contributed by atoms with E-state index in [1.807, 2.05) is 0 Å². The zero-order valence-electron chi connectivity index (χ0n) is 11.3. The van der Waals surface area contributed by atoms with Gasteiger partial charge >= 0.3 is 0 Å². The monoisotopic (exact) mass is 242 g/mol. The fraction of sp³-hybridized carbons (Fsp3) is 0.375. The second-order valence-electron chi connectivity index (χ2n) is 4.99. The lowest BCUT2D eigenvalue weighted by Crippen LogP contribution is -2.19. The van der Waals surface area contributed by atoms with Crippen LogP contribution < -0.4 is 5.73 Å². The third-order valence-corrected chi connectivity index (χ3v) is 3.34. The zero-order valence-corrected chi connectivity index (χ0v) is 11.3. The molecule has 0 aromatic heterocycles. The van der Waals surface area contributed by atoms with Crippen LogP contribution in [0, 0.1) is 0 Å². The second kappa shape index (κ2) is 5.87. The van der Waals surface area contributed by atoms with E-state index in [2.05, 4.69) is 55.3 Å². The molecule has 0 spiro atoms. The third kappa shape index (κ3) is 3.02. The maximum Gasteiger partial charge on any atom is 0.0366 e. The molecule has 2 rings (SSSR count). The van der Waals surface area contributed by atoms with Crippen LogP contribution in [0.25, 0.3) is 10.8 Å². The van der Waals surface area contributed by atoms with Crippen molar-refractivity contribution in [2.24, 2.45) is 0 Å². The number of unbranched alkanes of at least 4 members (excludes halogenated alkanes) is 1. The molecule has 18 heavy (non-hydrogen) atoms. The summed E-state index contributed by atoms with van der Waals surface area (Å²) in [4.78, 5) is 2.34. The van der Waals surface area contributed by atoms with E-state index >= 15 is 0 Å². The van der Waals surface area contributed by atoms with Gasteiger partial charge in [-0.3, -0.25) is 0 Å². The van der Waals surface area contributed by atoms with Crippen LogP contribution in [0.3, 0.4) is 0 Å². The highest BCUT2D eigenvalue weighted by molar-refractivity contribution is 5.86. The van der Waals surface area contributed by atoms with Gasteiger partial charge in [-0.2, -0.15) is 0 Å². The Bertz CT molecular complexity index is 519. The van der Waals surface area contributed by atoms with Crippen LogP contribution in [0.2, 0.25) is 0 Å². The Balaban J connectivity index is 2.19. The second-order valence-corrected chi connectivity index (χ2v) is 4.99. The molecule has 2 aromatic carbocycles. The molecule has 0 saturated heterocycles. The molecule has 0 bridgehead atoms. The largest absolute Gasteiger partial charge is 0.398 e. The number of rotatable bonds is 5. The third-order valence-electron chi connectivity index (χ3n) is 3.34. The molecule has 2 aromatic rings. The molecule has 0 amide bonds. The first-order valence-electron chi connectivity index (χ1n) is 6.66. The molecule has 0 aliphatic carbocycles. The molecule has 2 heteroatoms. The van der Waals surface area contributed by atoms with Gasteiger partial charge < -0.3 is 10.6 Å². The smallest absolute Gasteiger partial charge is 0.0366 e. The van der Waals surface area contributed by atoms with E-state index < -0.39 is 0 Å². The minimum atomic E-state index is 0.900. The number of fused-ring (bicyclic) bond motifs is 1. The van der Waals surface area contributed by atoms with Gasteiger partial charge in [-0.15, -0.1) is 0 Å². The van der Waals surface area contributed by atoms with Crippen molar-refractivity contribution in [2.45, 2.75) is 26.3 Å². The van der Waals surface area contributed by atoms with Gasteiger partial charge in [0.15, 0.2) is 0 Å². The van der Waals surface area contributed by atoms with E-state index in [1.165, 1.54) is 29.2 Å². The van der Waals surface area contributed by atoms with Gasteiger partial charge in [0, 0.05) is 12.2 Å². The number of nitrogen functional groups attached to an aromatic ring is 1. The van der Waals surface area contributed by atoms with E-state index in [1.54, 1.807) is 0 Å². The molecule has 0 unspecified atom stereocenters. The predicted octanol–water partition coefficient (Wildman–Crippen LogP) is 3.65. The summed E-state index contributed by atoms with van der Waals surface area (Å²) >= 11 is 0. The van der Waals surface area contributed by atoms with E-state index in [0.29, 0.717) is 0 Å². The van der Waals surface area contributed by atoms with Gasteiger partial charge in [0.1, 0.15) is 0 Å². The summed E-state index contributed by atoms with van der Waals surface area (Å²) in [5.41, 5.74) is 8.27. The molecule has 0 aliphatic rings. The molecule has 0 atom stereocenters. The van der Waals surface area contributed by atoms with Gasteiger partial charge in [-0.05, 0) is 48.5 Å². The van der Waals surface area contributed by atoms with Crippen molar-refractivity contribution in [1.82, 2.24) is 4.90 Å². The average molecular weight is 242 g/mol. The number of hydrogen-bond acceptors (Lipinski definition) is 2. The summed E-state index contributed by atoms with van der Waals surface area (Å²) in [6.07, 6.45) is 2.47. The Morgan fingerprint density at radius 3 is 2.44 bits per heavy atom. The summed E-state index contributed by atoms with van der Waals surface area (Å²) in [7, 11) is 2.16. The van der Waals surface area contributed by atoms with Crippen molar-refractivity contribution in [3.05, 3.63) is 42.0 Å². The quantitative estimate of drug-likeness (QED) is 0.811. The summed E-state index contributed by atoms with van der Waals surface area (Å²) in [6, 6.07) is 12.7.